The first-order valence-electron chi connectivity index (χ1n) is 11.2. The molecule has 1 amide bonds. The molecule has 6 nitrogen and oxygen atoms in total. The van der Waals surface area contributed by atoms with Gasteiger partial charge in [-0.15, -0.1) is 0 Å². The molecule has 160 valence electrons. The highest BCUT2D eigenvalue weighted by molar-refractivity contribution is 5.78. The summed E-state index contributed by atoms with van der Waals surface area (Å²) in [4.78, 5) is 26.4. The molecule has 1 unspecified atom stereocenters. The number of carbonyl (C=O) groups is 1. The summed E-state index contributed by atoms with van der Waals surface area (Å²) in [5, 5.41) is 3.13. The fourth-order valence-electron chi connectivity index (χ4n) is 4.76. The number of hydrogen-bond acceptors (Lipinski definition) is 5. The second-order valence-corrected chi connectivity index (χ2v) is 8.68. The quantitative estimate of drug-likeness (QED) is 0.798. The lowest BCUT2D eigenvalue weighted by Crippen LogP contribution is -2.50. The summed E-state index contributed by atoms with van der Waals surface area (Å²) in [6.45, 7) is 7.83. The lowest BCUT2D eigenvalue weighted by atomic mass is 9.93. The third-order valence-electron chi connectivity index (χ3n) is 6.60. The average molecular weight is 408 g/mol. The maximum atomic E-state index is 12.8. The Morgan fingerprint density at radius 3 is 2.67 bits per heavy atom. The Balaban J connectivity index is 1.24. The van der Waals surface area contributed by atoms with E-state index in [1.165, 1.54) is 18.4 Å². The van der Waals surface area contributed by atoms with Crippen LogP contribution in [0.15, 0.2) is 42.9 Å². The average Bonchev–Trinajstić information content (AvgIpc) is 2.80. The number of aromatic nitrogens is 2. The summed E-state index contributed by atoms with van der Waals surface area (Å²) in [6, 6.07) is 8.78. The van der Waals surface area contributed by atoms with E-state index in [2.05, 4.69) is 37.2 Å². The maximum absolute atomic E-state index is 12.8. The van der Waals surface area contributed by atoms with E-state index < -0.39 is 0 Å². The van der Waals surface area contributed by atoms with Gasteiger partial charge >= 0.3 is 0 Å². The number of likely N-dealkylation sites (tertiary alicyclic amines) is 2. The second kappa shape index (κ2) is 10.1. The molecule has 1 N–H and O–H groups in total. The smallest absolute Gasteiger partial charge is 0.224 e. The van der Waals surface area contributed by atoms with Crippen LogP contribution in [0.5, 0.6) is 0 Å². The van der Waals surface area contributed by atoms with Crippen LogP contribution < -0.4 is 5.32 Å². The Morgan fingerprint density at radius 1 is 1.10 bits per heavy atom. The van der Waals surface area contributed by atoms with Crippen molar-refractivity contribution >= 4 is 5.91 Å². The van der Waals surface area contributed by atoms with Crippen molar-refractivity contribution in [3.05, 3.63) is 59.7 Å². The van der Waals surface area contributed by atoms with E-state index in [9.17, 15) is 4.79 Å². The number of amides is 1. The molecule has 2 fully saturated rings. The standard InChI is InChI=1S/C24H33N5O/c1-19-4-2-10-26-23(19)16-27-24(30)21-5-3-13-29(18-21)22-8-14-28(15-9-22)17-20-6-11-25-12-7-20/h2,4,6-7,10-12,21-22H,3,5,8-9,13-18H2,1H3,(H,27,30). The van der Waals surface area contributed by atoms with Crippen LogP contribution in [0, 0.1) is 12.8 Å². The van der Waals surface area contributed by atoms with Crippen molar-refractivity contribution in [3.63, 3.8) is 0 Å². The predicted molar refractivity (Wildman–Crippen MR) is 118 cm³/mol. The van der Waals surface area contributed by atoms with Gasteiger partial charge in [-0.25, -0.2) is 0 Å². The number of carbonyl (C=O) groups excluding carboxylic acids is 1. The molecule has 4 heterocycles. The number of aryl methyl sites for hydroxylation is 1. The van der Waals surface area contributed by atoms with Gasteiger partial charge in [-0.2, -0.15) is 0 Å². The zero-order valence-electron chi connectivity index (χ0n) is 18.0. The molecular weight excluding hydrogens is 374 g/mol. The van der Waals surface area contributed by atoms with E-state index in [4.69, 9.17) is 0 Å². The molecule has 2 aliphatic heterocycles. The molecule has 2 saturated heterocycles. The highest BCUT2D eigenvalue weighted by atomic mass is 16.1. The van der Waals surface area contributed by atoms with Crippen LogP contribution in [0.25, 0.3) is 0 Å². The first-order valence-corrected chi connectivity index (χ1v) is 11.2. The fourth-order valence-corrected chi connectivity index (χ4v) is 4.76. The number of rotatable bonds is 6. The molecule has 2 aliphatic rings. The molecule has 6 heteroatoms. The normalized spacial score (nSPS) is 21.4. The van der Waals surface area contributed by atoms with Crippen molar-refractivity contribution in [3.8, 4) is 0 Å². The van der Waals surface area contributed by atoms with Crippen molar-refractivity contribution in [1.82, 2.24) is 25.1 Å². The molecule has 1 atom stereocenters. The van der Waals surface area contributed by atoms with Crippen LogP contribution in [-0.4, -0.2) is 57.9 Å². The maximum Gasteiger partial charge on any atom is 0.224 e. The van der Waals surface area contributed by atoms with Crippen LogP contribution in [-0.2, 0) is 17.9 Å². The third-order valence-corrected chi connectivity index (χ3v) is 6.60. The highest BCUT2D eigenvalue weighted by Gasteiger charge is 2.31. The molecule has 2 aromatic heterocycles. The first kappa shape index (κ1) is 20.9. The number of nitrogens with zero attached hydrogens (tertiary/aromatic N) is 4. The van der Waals surface area contributed by atoms with Crippen LogP contribution >= 0.6 is 0 Å². The van der Waals surface area contributed by atoms with Crippen molar-refractivity contribution < 1.29 is 4.79 Å². The number of nitrogens with one attached hydrogen (secondary N) is 1. The van der Waals surface area contributed by atoms with E-state index in [1.807, 2.05) is 31.5 Å². The fraction of sp³-hybridized carbons (Fsp3) is 0.542. The van der Waals surface area contributed by atoms with Crippen molar-refractivity contribution in [1.29, 1.82) is 0 Å². The van der Waals surface area contributed by atoms with Crippen molar-refractivity contribution in [2.45, 2.75) is 51.7 Å². The molecule has 4 rings (SSSR count). The first-order chi connectivity index (χ1) is 14.7. The van der Waals surface area contributed by atoms with Crippen LogP contribution in [0.4, 0.5) is 0 Å². The van der Waals surface area contributed by atoms with Gasteiger partial charge in [0, 0.05) is 37.7 Å². The van der Waals surface area contributed by atoms with Gasteiger partial charge in [0.1, 0.15) is 0 Å². The summed E-state index contributed by atoms with van der Waals surface area (Å²) >= 11 is 0. The monoisotopic (exact) mass is 407 g/mol. The molecule has 2 aromatic rings. The molecule has 30 heavy (non-hydrogen) atoms. The third kappa shape index (κ3) is 5.43. The Morgan fingerprint density at radius 2 is 1.90 bits per heavy atom. The molecule has 0 saturated carbocycles. The minimum absolute atomic E-state index is 0.0950. The molecule has 0 spiro atoms. The zero-order chi connectivity index (χ0) is 20.8. The van der Waals surface area contributed by atoms with Crippen molar-refractivity contribution in [2.75, 3.05) is 26.2 Å². The highest BCUT2D eigenvalue weighted by Crippen LogP contribution is 2.24. The Kier molecular flexibility index (Phi) is 7.07. The minimum Gasteiger partial charge on any atom is -0.350 e. The number of piperidine rings is 2. The van der Waals surface area contributed by atoms with Gasteiger partial charge in [0.2, 0.25) is 5.91 Å². The van der Waals surface area contributed by atoms with Gasteiger partial charge in [-0.1, -0.05) is 6.07 Å². The predicted octanol–water partition coefficient (Wildman–Crippen LogP) is 2.78. The number of pyridine rings is 2. The molecule has 0 aromatic carbocycles. The van der Waals surface area contributed by atoms with E-state index in [1.54, 1.807) is 6.20 Å². The van der Waals surface area contributed by atoms with E-state index in [0.29, 0.717) is 12.6 Å². The Labute approximate surface area is 179 Å². The van der Waals surface area contributed by atoms with Gasteiger partial charge in [-0.3, -0.25) is 24.6 Å². The van der Waals surface area contributed by atoms with Crippen LogP contribution in [0.3, 0.4) is 0 Å². The van der Waals surface area contributed by atoms with Gasteiger partial charge in [0.25, 0.3) is 0 Å². The minimum atomic E-state index is 0.0950. The Bertz CT molecular complexity index is 819. The largest absolute Gasteiger partial charge is 0.350 e. The van der Waals surface area contributed by atoms with E-state index in [-0.39, 0.29) is 11.8 Å². The lowest BCUT2D eigenvalue weighted by molar-refractivity contribution is -0.127. The van der Waals surface area contributed by atoms with Crippen LogP contribution in [0.2, 0.25) is 0 Å². The summed E-state index contributed by atoms with van der Waals surface area (Å²) < 4.78 is 0. The summed E-state index contributed by atoms with van der Waals surface area (Å²) in [5.74, 6) is 0.275. The van der Waals surface area contributed by atoms with Gasteiger partial charge in [-0.05, 0) is 81.6 Å². The second-order valence-electron chi connectivity index (χ2n) is 8.68. The van der Waals surface area contributed by atoms with E-state index in [0.717, 1.165) is 56.8 Å². The zero-order valence-corrected chi connectivity index (χ0v) is 18.0. The molecular formula is C24H33N5O. The summed E-state index contributed by atoms with van der Waals surface area (Å²) in [7, 11) is 0. The SMILES string of the molecule is Cc1cccnc1CNC(=O)C1CCCN(C2CCN(Cc3ccncc3)CC2)C1. The topological polar surface area (TPSA) is 61.4 Å². The lowest BCUT2D eigenvalue weighted by Gasteiger charge is -2.42. The molecule has 0 aliphatic carbocycles. The molecule has 0 bridgehead atoms. The number of hydrogen-bond donors (Lipinski definition) is 1. The summed E-state index contributed by atoms with van der Waals surface area (Å²) in [6.07, 6.45) is 10.0. The van der Waals surface area contributed by atoms with Gasteiger partial charge < -0.3 is 5.32 Å². The van der Waals surface area contributed by atoms with Crippen molar-refractivity contribution in [2.24, 2.45) is 5.92 Å². The van der Waals surface area contributed by atoms with Crippen LogP contribution in [0.1, 0.15) is 42.5 Å². The van der Waals surface area contributed by atoms with E-state index >= 15 is 0 Å². The Hall–Kier alpha value is -2.31. The molecule has 0 radical (unpaired) electrons. The van der Waals surface area contributed by atoms with Gasteiger partial charge in [0.05, 0.1) is 18.2 Å². The summed E-state index contributed by atoms with van der Waals surface area (Å²) in [5.41, 5.74) is 3.42. The van der Waals surface area contributed by atoms with Gasteiger partial charge in [0.15, 0.2) is 0 Å².